The second-order valence-electron chi connectivity index (χ2n) is 2.47. The van der Waals surface area contributed by atoms with E-state index < -0.39 is 17.7 Å². The van der Waals surface area contributed by atoms with Gasteiger partial charge in [-0.05, 0) is 4.92 Å². The quantitative estimate of drug-likeness (QED) is 0.538. The number of nitro groups is 1. The maximum absolute atomic E-state index is 11.9. The van der Waals surface area contributed by atoms with Crippen LogP contribution in [0.5, 0.6) is 0 Å². The molecule has 1 heterocycles. The molecule has 0 amide bonds. The normalized spacial score (nSPS) is 12.8. The van der Waals surface area contributed by atoms with E-state index in [1.165, 1.54) is 6.33 Å². The summed E-state index contributed by atoms with van der Waals surface area (Å²) in [7, 11) is 0. The molecule has 6 nitrogen and oxygen atoms in total. The molecule has 1 aromatic rings. The van der Waals surface area contributed by atoms with Gasteiger partial charge in [0.05, 0.1) is 0 Å². The molecule has 13 heavy (non-hydrogen) atoms. The summed E-state index contributed by atoms with van der Waals surface area (Å²) in [6.45, 7) is -1.10. The Morgan fingerprint density at radius 2 is 2.54 bits per heavy atom. The summed E-state index contributed by atoms with van der Waals surface area (Å²) in [6.07, 6.45) is 0.995. The van der Waals surface area contributed by atoms with E-state index in [0.717, 1.165) is 10.8 Å². The Labute approximate surface area is 72.8 Å². The summed E-state index contributed by atoms with van der Waals surface area (Å²) >= 11 is 0. The molecule has 1 rings (SSSR count). The first-order valence-electron chi connectivity index (χ1n) is 3.53. The van der Waals surface area contributed by atoms with Crippen molar-refractivity contribution in [3.8, 4) is 0 Å². The average molecular weight is 189 g/mol. The Bertz CT molecular complexity index is 301. The maximum Gasteiger partial charge on any atom is 0.342 e. The largest absolute Gasteiger partial charge is 0.386 e. The Hall–Kier alpha value is -1.50. The van der Waals surface area contributed by atoms with Crippen molar-refractivity contribution in [1.82, 2.24) is 9.55 Å². The first-order valence-corrected chi connectivity index (χ1v) is 3.53. The minimum Gasteiger partial charge on any atom is -0.386 e. The van der Waals surface area contributed by atoms with Crippen LogP contribution in [0.3, 0.4) is 0 Å². The Kier molecular flexibility index (Phi) is 2.91. The molecular weight excluding hydrogens is 181 g/mol. The third kappa shape index (κ3) is 2.22. The third-order valence-electron chi connectivity index (χ3n) is 1.46. The van der Waals surface area contributed by atoms with E-state index in [9.17, 15) is 14.5 Å². The summed E-state index contributed by atoms with van der Waals surface area (Å²) in [5.41, 5.74) is 0. The SMILES string of the molecule is O=[N+]([O-])c1cncn1CC(O)CF. The van der Waals surface area contributed by atoms with Gasteiger partial charge in [0, 0.05) is 0 Å². The number of hydrogen-bond acceptors (Lipinski definition) is 4. The molecule has 72 valence electrons. The zero-order valence-corrected chi connectivity index (χ0v) is 6.63. The van der Waals surface area contributed by atoms with Crippen molar-refractivity contribution in [1.29, 1.82) is 0 Å². The highest BCUT2D eigenvalue weighted by molar-refractivity contribution is 5.14. The van der Waals surface area contributed by atoms with Crippen LogP contribution in [0.1, 0.15) is 0 Å². The molecule has 1 N–H and O–H groups in total. The summed E-state index contributed by atoms with van der Waals surface area (Å²) in [6, 6.07) is 0. The van der Waals surface area contributed by atoms with Crippen molar-refractivity contribution < 1.29 is 14.4 Å². The molecule has 7 heteroatoms. The highest BCUT2D eigenvalue weighted by Gasteiger charge is 2.16. The molecule has 0 radical (unpaired) electrons. The van der Waals surface area contributed by atoms with Gasteiger partial charge in [-0.3, -0.25) is 0 Å². The number of rotatable bonds is 4. The number of imidazole rings is 1. The lowest BCUT2D eigenvalue weighted by Crippen LogP contribution is -2.18. The highest BCUT2D eigenvalue weighted by Crippen LogP contribution is 2.09. The lowest BCUT2D eigenvalue weighted by molar-refractivity contribution is -0.392. The third-order valence-corrected chi connectivity index (χ3v) is 1.46. The number of aliphatic hydroxyl groups is 1. The van der Waals surface area contributed by atoms with Gasteiger partial charge in [-0.25, -0.2) is 13.9 Å². The van der Waals surface area contributed by atoms with Crippen molar-refractivity contribution in [2.75, 3.05) is 6.67 Å². The molecule has 0 aliphatic rings. The molecule has 0 aromatic carbocycles. The van der Waals surface area contributed by atoms with Gasteiger partial charge in [0.25, 0.3) is 0 Å². The van der Waals surface area contributed by atoms with Gasteiger partial charge in [0.1, 0.15) is 25.5 Å². The van der Waals surface area contributed by atoms with Gasteiger partial charge in [-0.2, -0.15) is 0 Å². The Morgan fingerprint density at radius 1 is 1.85 bits per heavy atom. The number of aromatic nitrogens is 2. The van der Waals surface area contributed by atoms with Crippen LogP contribution < -0.4 is 0 Å². The molecule has 0 saturated carbocycles. The Balaban J connectivity index is 2.76. The second-order valence-corrected chi connectivity index (χ2v) is 2.47. The number of halogens is 1. The van der Waals surface area contributed by atoms with Crippen LogP contribution in [-0.2, 0) is 6.54 Å². The van der Waals surface area contributed by atoms with E-state index in [0.29, 0.717) is 0 Å². The van der Waals surface area contributed by atoms with Crippen LogP contribution in [0.2, 0.25) is 0 Å². The predicted molar refractivity (Wildman–Crippen MR) is 40.9 cm³/mol. The number of aliphatic hydroxyl groups excluding tert-OH is 1. The topological polar surface area (TPSA) is 81.2 Å². The molecule has 0 aliphatic heterocycles. The molecule has 0 aliphatic carbocycles. The van der Waals surface area contributed by atoms with Crippen molar-refractivity contribution in [3.63, 3.8) is 0 Å². The van der Waals surface area contributed by atoms with Gasteiger partial charge in [0.2, 0.25) is 0 Å². The van der Waals surface area contributed by atoms with Gasteiger partial charge >= 0.3 is 5.82 Å². The number of hydrogen-bond donors (Lipinski definition) is 1. The van der Waals surface area contributed by atoms with Crippen molar-refractivity contribution >= 4 is 5.82 Å². The lowest BCUT2D eigenvalue weighted by atomic mass is 10.4. The van der Waals surface area contributed by atoms with Crippen molar-refractivity contribution in [3.05, 3.63) is 22.6 Å². The summed E-state index contributed by atoms with van der Waals surface area (Å²) in [5.74, 6) is -0.257. The fourth-order valence-corrected chi connectivity index (χ4v) is 0.882. The van der Waals surface area contributed by atoms with E-state index in [4.69, 9.17) is 5.11 Å². The Morgan fingerprint density at radius 3 is 3.08 bits per heavy atom. The van der Waals surface area contributed by atoms with E-state index in [1.54, 1.807) is 0 Å². The van der Waals surface area contributed by atoms with Crippen LogP contribution in [-0.4, -0.2) is 32.4 Å². The molecule has 0 spiro atoms. The molecule has 0 fully saturated rings. The highest BCUT2D eigenvalue weighted by atomic mass is 19.1. The molecule has 1 unspecified atom stereocenters. The van der Waals surface area contributed by atoms with E-state index in [1.807, 2.05) is 0 Å². The van der Waals surface area contributed by atoms with Gasteiger partial charge in [0.15, 0.2) is 6.33 Å². The molecular formula is C6H8FN3O3. The van der Waals surface area contributed by atoms with Crippen LogP contribution in [0, 0.1) is 10.1 Å². The van der Waals surface area contributed by atoms with Crippen LogP contribution in [0.25, 0.3) is 0 Å². The zero-order valence-electron chi connectivity index (χ0n) is 6.63. The van der Waals surface area contributed by atoms with Crippen LogP contribution >= 0.6 is 0 Å². The first kappa shape index (κ1) is 9.59. The minimum absolute atomic E-state index is 0.160. The summed E-state index contributed by atoms with van der Waals surface area (Å²) in [4.78, 5) is 13.2. The molecule has 0 bridgehead atoms. The molecule has 1 atom stereocenters. The smallest absolute Gasteiger partial charge is 0.342 e. The fourth-order valence-electron chi connectivity index (χ4n) is 0.882. The lowest BCUT2D eigenvalue weighted by Gasteiger charge is -2.03. The number of nitrogens with zero attached hydrogens (tertiary/aromatic N) is 3. The van der Waals surface area contributed by atoms with Gasteiger partial charge in [-0.15, -0.1) is 0 Å². The second kappa shape index (κ2) is 3.94. The van der Waals surface area contributed by atoms with E-state index in [2.05, 4.69) is 4.98 Å². The first-order chi connectivity index (χ1) is 6.15. The molecule has 0 saturated heterocycles. The van der Waals surface area contributed by atoms with E-state index in [-0.39, 0.29) is 12.4 Å². The average Bonchev–Trinajstić information content (AvgIpc) is 2.52. The minimum atomic E-state index is -1.23. The fraction of sp³-hybridized carbons (Fsp3) is 0.500. The summed E-state index contributed by atoms with van der Waals surface area (Å²) in [5, 5.41) is 19.2. The van der Waals surface area contributed by atoms with Crippen molar-refractivity contribution in [2.45, 2.75) is 12.6 Å². The summed E-state index contributed by atoms with van der Waals surface area (Å²) < 4.78 is 12.9. The molecule has 1 aromatic heterocycles. The van der Waals surface area contributed by atoms with Crippen LogP contribution in [0.4, 0.5) is 10.2 Å². The van der Waals surface area contributed by atoms with Gasteiger partial charge < -0.3 is 15.2 Å². The standard InChI is InChI=1S/C6H8FN3O3/c7-1-5(11)3-9-4-8-2-6(9)10(12)13/h2,4-5,11H,1,3H2. The van der Waals surface area contributed by atoms with Crippen LogP contribution in [0.15, 0.2) is 12.5 Å². The van der Waals surface area contributed by atoms with Crippen molar-refractivity contribution in [2.24, 2.45) is 0 Å². The van der Waals surface area contributed by atoms with E-state index >= 15 is 0 Å². The predicted octanol–water partition coefficient (Wildman–Crippen LogP) is 0.122. The zero-order chi connectivity index (χ0) is 9.84. The monoisotopic (exact) mass is 189 g/mol. The number of alkyl halides is 1. The van der Waals surface area contributed by atoms with Gasteiger partial charge in [-0.1, -0.05) is 0 Å². The maximum atomic E-state index is 11.9.